The van der Waals surface area contributed by atoms with E-state index in [0.717, 1.165) is 116 Å². The molecule has 0 atom stereocenters. The van der Waals surface area contributed by atoms with Crippen LogP contribution in [0, 0.1) is 0 Å². The van der Waals surface area contributed by atoms with Gasteiger partial charge < -0.3 is 18.2 Å². The molecule has 0 radical (unpaired) electrons. The molecule has 0 spiro atoms. The van der Waals surface area contributed by atoms with Gasteiger partial charge in [0.15, 0.2) is 11.2 Å². The van der Waals surface area contributed by atoms with E-state index in [4.69, 9.17) is 13.3 Å². The monoisotopic (exact) mass is 743 g/mol. The molecule has 0 fully saturated rings. The molecule has 0 amide bonds. The lowest BCUT2D eigenvalue weighted by atomic mass is 9.97. The second-order valence-electron chi connectivity index (χ2n) is 14.8. The molecule has 0 saturated carbocycles. The van der Waals surface area contributed by atoms with Crippen LogP contribution in [0.2, 0.25) is 0 Å². The van der Waals surface area contributed by atoms with Crippen molar-refractivity contribution in [3.63, 3.8) is 0 Å². The first kappa shape index (κ1) is 32.4. The zero-order valence-electron chi connectivity index (χ0n) is 31.2. The molecule has 0 aliphatic carbocycles. The van der Waals surface area contributed by atoms with E-state index in [1.54, 1.807) is 0 Å². The van der Waals surface area contributed by atoms with Gasteiger partial charge in [-0.3, -0.25) is 0 Å². The number of nitrogens with zero attached hydrogens (tertiary/aromatic N) is 1. The normalized spacial score (nSPS) is 11.8. The van der Waals surface area contributed by atoms with Crippen LogP contribution in [0.4, 0.5) is 17.1 Å². The molecule has 12 rings (SSSR count). The highest BCUT2D eigenvalue weighted by Crippen LogP contribution is 2.48. The Morgan fingerprint density at radius 2 is 0.724 bits per heavy atom. The summed E-state index contributed by atoms with van der Waals surface area (Å²) in [4.78, 5) is 2.28. The fraction of sp³-hybridized carbons (Fsp3) is 0. The molecule has 3 aromatic heterocycles. The highest BCUT2D eigenvalue weighted by Gasteiger charge is 2.24. The second kappa shape index (κ2) is 12.9. The Bertz CT molecular complexity index is 3500. The molecular weight excluding hydrogens is 711 g/mol. The third-order valence-corrected chi connectivity index (χ3v) is 11.5. The van der Waals surface area contributed by atoms with E-state index in [9.17, 15) is 0 Å². The van der Waals surface area contributed by atoms with Crippen molar-refractivity contribution in [2.75, 3.05) is 4.90 Å². The molecule has 58 heavy (non-hydrogen) atoms. The number of hydrogen-bond donors (Lipinski definition) is 0. The molecule has 0 N–H and O–H groups in total. The number of hydrogen-bond acceptors (Lipinski definition) is 4. The van der Waals surface area contributed by atoms with E-state index in [2.05, 4.69) is 181 Å². The number of anilines is 3. The summed E-state index contributed by atoms with van der Waals surface area (Å²) in [7, 11) is 0. The number of fused-ring (bicyclic) bond motifs is 9. The predicted molar refractivity (Wildman–Crippen MR) is 239 cm³/mol. The van der Waals surface area contributed by atoms with Gasteiger partial charge in [-0.1, -0.05) is 164 Å². The molecule has 3 heterocycles. The van der Waals surface area contributed by atoms with Crippen molar-refractivity contribution in [1.82, 2.24) is 0 Å². The Hall–Kier alpha value is -7.82. The molecule has 9 aromatic carbocycles. The van der Waals surface area contributed by atoms with Gasteiger partial charge in [0.2, 0.25) is 0 Å². The molecule has 0 saturated heterocycles. The lowest BCUT2D eigenvalue weighted by Crippen LogP contribution is -2.10. The lowest BCUT2D eigenvalue weighted by molar-refractivity contribution is 0.666. The van der Waals surface area contributed by atoms with Crippen molar-refractivity contribution in [2.24, 2.45) is 0 Å². The van der Waals surface area contributed by atoms with Crippen molar-refractivity contribution in [2.45, 2.75) is 0 Å². The highest BCUT2D eigenvalue weighted by atomic mass is 16.3. The van der Waals surface area contributed by atoms with Crippen LogP contribution in [0.5, 0.6) is 0 Å². The van der Waals surface area contributed by atoms with Crippen LogP contribution in [-0.2, 0) is 0 Å². The predicted octanol–water partition coefficient (Wildman–Crippen LogP) is 15.9. The average Bonchev–Trinajstić information content (AvgIpc) is 4.00. The van der Waals surface area contributed by atoms with Crippen molar-refractivity contribution in [3.05, 3.63) is 200 Å². The molecular formula is C54H33NO3. The summed E-state index contributed by atoms with van der Waals surface area (Å²) in [5.41, 5.74) is 14.5. The maximum absolute atomic E-state index is 7.00. The molecule has 272 valence electrons. The number of rotatable bonds is 6. The van der Waals surface area contributed by atoms with Crippen LogP contribution in [0.1, 0.15) is 0 Å². The van der Waals surface area contributed by atoms with Gasteiger partial charge in [-0.15, -0.1) is 0 Å². The van der Waals surface area contributed by atoms with Gasteiger partial charge in [-0.25, -0.2) is 0 Å². The van der Waals surface area contributed by atoms with Crippen LogP contribution < -0.4 is 4.90 Å². The topological polar surface area (TPSA) is 42.7 Å². The van der Waals surface area contributed by atoms with Gasteiger partial charge in [0, 0.05) is 49.1 Å². The van der Waals surface area contributed by atoms with E-state index in [-0.39, 0.29) is 0 Å². The average molecular weight is 744 g/mol. The van der Waals surface area contributed by atoms with E-state index in [0.29, 0.717) is 0 Å². The van der Waals surface area contributed by atoms with Crippen molar-refractivity contribution in [3.8, 4) is 33.4 Å². The quantitative estimate of drug-likeness (QED) is 0.170. The number of para-hydroxylation sites is 5. The van der Waals surface area contributed by atoms with Gasteiger partial charge in [0.05, 0.1) is 11.4 Å². The minimum Gasteiger partial charge on any atom is -0.455 e. The minimum absolute atomic E-state index is 0.807. The maximum Gasteiger partial charge on any atom is 0.159 e. The molecule has 4 nitrogen and oxygen atoms in total. The first-order valence-electron chi connectivity index (χ1n) is 19.6. The van der Waals surface area contributed by atoms with E-state index in [1.165, 1.54) is 0 Å². The summed E-state index contributed by atoms with van der Waals surface area (Å²) in [6, 6.07) is 69.9. The molecule has 0 aliphatic rings. The van der Waals surface area contributed by atoms with Gasteiger partial charge in [0.1, 0.15) is 22.3 Å². The van der Waals surface area contributed by atoms with Crippen molar-refractivity contribution < 1.29 is 13.3 Å². The number of benzene rings is 9. The van der Waals surface area contributed by atoms with Gasteiger partial charge in [0.25, 0.3) is 0 Å². The zero-order chi connectivity index (χ0) is 38.2. The van der Waals surface area contributed by atoms with Crippen LogP contribution in [0.3, 0.4) is 0 Å². The molecule has 0 bridgehead atoms. The summed E-state index contributed by atoms with van der Waals surface area (Å²) in [5.74, 6) is 0. The smallest absolute Gasteiger partial charge is 0.159 e. The van der Waals surface area contributed by atoms with E-state index in [1.807, 2.05) is 24.3 Å². The lowest BCUT2D eigenvalue weighted by Gasteiger charge is -2.25. The van der Waals surface area contributed by atoms with Gasteiger partial charge in [-0.05, 0) is 58.7 Å². The first-order chi connectivity index (χ1) is 28.8. The Kier molecular flexibility index (Phi) is 7.20. The largest absolute Gasteiger partial charge is 0.455 e. The summed E-state index contributed by atoms with van der Waals surface area (Å²) < 4.78 is 20.3. The second-order valence-corrected chi connectivity index (χ2v) is 14.8. The van der Waals surface area contributed by atoms with Crippen molar-refractivity contribution >= 4 is 82.9 Å². The summed E-state index contributed by atoms with van der Waals surface area (Å²) in [5, 5.41) is 6.48. The van der Waals surface area contributed by atoms with E-state index < -0.39 is 0 Å². The Balaban J connectivity index is 1.06. The van der Waals surface area contributed by atoms with E-state index >= 15 is 0 Å². The van der Waals surface area contributed by atoms with Crippen LogP contribution in [-0.4, -0.2) is 0 Å². The SMILES string of the molecule is c1ccc(-c2cccc3c2oc2c(N(c4ccc(-c5cccc6oc7c(-c8ccccc8)cccc7c56)cc4)c4cccc5c4oc4ccccc45)cccc23)cc1. The molecule has 12 aromatic rings. The molecule has 0 unspecified atom stereocenters. The minimum atomic E-state index is 0.807. The first-order valence-corrected chi connectivity index (χ1v) is 19.6. The van der Waals surface area contributed by atoms with Crippen LogP contribution >= 0.6 is 0 Å². The molecule has 0 aliphatic heterocycles. The third-order valence-electron chi connectivity index (χ3n) is 11.5. The van der Waals surface area contributed by atoms with Crippen LogP contribution in [0.25, 0.3) is 99.2 Å². The number of furan rings is 3. The highest BCUT2D eigenvalue weighted by molar-refractivity contribution is 6.17. The Labute approximate surface area is 333 Å². The summed E-state index contributed by atoms with van der Waals surface area (Å²) in [6.07, 6.45) is 0. The fourth-order valence-corrected chi connectivity index (χ4v) is 8.87. The summed E-state index contributed by atoms with van der Waals surface area (Å²) >= 11 is 0. The molecule has 4 heteroatoms. The van der Waals surface area contributed by atoms with Crippen LogP contribution in [0.15, 0.2) is 213 Å². The Morgan fingerprint density at radius 1 is 0.276 bits per heavy atom. The summed E-state index contributed by atoms with van der Waals surface area (Å²) in [6.45, 7) is 0. The zero-order valence-corrected chi connectivity index (χ0v) is 31.2. The van der Waals surface area contributed by atoms with Crippen molar-refractivity contribution in [1.29, 1.82) is 0 Å². The third kappa shape index (κ3) is 4.95. The fourth-order valence-electron chi connectivity index (χ4n) is 8.87. The standard InChI is InChI=1S/C54H33NO3/c1-3-14-34(15-4-1)39-20-9-22-43-44-24-12-27-47(54(44)58-51(39)43)55(46-26-11-23-42-41-18-7-8-28-48(41)56-53(42)46)37-32-30-36(31-33-37)38-19-13-29-49-50(38)45-25-10-21-40(52(45)57-49)35-16-5-2-6-17-35/h1-33H. The van der Waals surface area contributed by atoms with Gasteiger partial charge in [-0.2, -0.15) is 0 Å². The maximum atomic E-state index is 7.00. The van der Waals surface area contributed by atoms with Gasteiger partial charge >= 0.3 is 0 Å². The Morgan fingerprint density at radius 3 is 1.41 bits per heavy atom.